The molecule has 3 rings (SSSR count). The zero-order valence-corrected chi connectivity index (χ0v) is 17.5. The van der Waals surface area contributed by atoms with Crippen LogP contribution in [0.4, 0.5) is 24.7 Å². The zero-order chi connectivity index (χ0) is 23.1. The number of hydrogen-bond acceptors (Lipinski definition) is 6. The molecular weight excluding hydrogens is 427 g/mol. The molecule has 0 spiro atoms. The van der Waals surface area contributed by atoms with E-state index in [0.29, 0.717) is 49.8 Å². The van der Waals surface area contributed by atoms with Gasteiger partial charge in [0, 0.05) is 25.0 Å². The lowest BCUT2D eigenvalue weighted by atomic mass is 9.97. The molecule has 1 saturated heterocycles. The van der Waals surface area contributed by atoms with Crippen molar-refractivity contribution >= 4 is 23.4 Å². The minimum absolute atomic E-state index is 0.376. The first-order valence-corrected chi connectivity index (χ1v) is 10.2. The van der Waals surface area contributed by atoms with Crippen LogP contribution >= 0.6 is 0 Å². The number of hydrogen-bond donors (Lipinski definition) is 1. The summed E-state index contributed by atoms with van der Waals surface area (Å²) >= 11 is 0. The Labute approximate surface area is 183 Å². The number of amides is 1. The Morgan fingerprint density at radius 1 is 1.12 bits per heavy atom. The molecule has 1 fully saturated rings. The number of halogens is 3. The maximum Gasteiger partial charge on any atom is 0.417 e. The smallest absolute Gasteiger partial charge is 0.417 e. The predicted octanol–water partition coefficient (Wildman–Crippen LogP) is 3.90. The first-order valence-electron chi connectivity index (χ1n) is 10.2. The highest BCUT2D eigenvalue weighted by atomic mass is 19.4. The van der Waals surface area contributed by atoms with Gasteiger partial charge in [-0.15, -0.1) is 0 Å². The summed E-state index contributed by atoms with van der Waals surface area (Å²) in [6.07, 6.45) is -2.70. The molecule has 10 heteroatoms. The van der Waals surface area contributed by atoms with E-state index in [2.05, 4.69) is 10.3 Å². The van der Waals surface area contributed by atoms with Crippen molar-refractivity contribution < 1.29 is 32.2 Å². The minimum atomic E-state index is -4.43. The first-order chi connectivity index (χ1) is 15.3. The van der Waals surface area contributed by atoms with E-state index in [-0.39, 0.29) is 5.92 Å². The van der Waals surface area contributed by atoms with E-state index >= 15 is 0 Å². The Kier molecular flexibility index (Phi) is 7.55. The molecule has 0 aliphatic carbocycles. The molecule has 0 saturated carbocycles. The number of carbonyl (C=O) groups is 2. The van der Waals surface area contributed by atoms with Crippen LogP contribution in [-0.2, 0) is 20.5 Å². The molecule has 1 amide bonds. The molecule has 1 N–H and O–H groups in total. The summed E-state index contributed by atoms with van der Waals surface area (Å²) in [7, 11) is 0. The normalized spacial score (nSPS) is 14.7. The van der Waals surface area contributed by atoms with Crippen LogP contribution in [0.2, 0.25) is 0 Å². The Morgan fingerprint density at radius 3 is 2.38 bits per heavy atom. The zero-order valence-electron chi connectivity index (χ0n) is 17.5. The van der Waals surface area contributed by atoms with Gasteiger partial charge in [-0.05, 0) is 56.2 Å². The number of nitrogens with one attached hydrogen (secondary N) is 1. The van der Waals surface area contributed by atoms with E-state index in [1.54, 1.807) is 24.3 Å². The number of nitrogens with zero attached hydrogens (tertiary/aromatic N) is 2. The van der Waals surface area contributed by atoms with Crippen LogP contribution in [0, 0.1) is 5.92 Å². The number of benzene rings is 1. The summed E-state index contributed by atoms with van der Waals surface area (Å²) in [5.74, 6) is -0.172. The van der Waals surface area contributed by atoms with E-state index in [9.17, 15) is 22.8 Å². The number of rotatable bonds is 7. The number of anilines is 2. The van der Waals surface area contributed by atoms with E-state index < -0.39 is 30.2 Å². The van der Waals surface area contributed by atoms with Gasteiger partial charge in [-0.25, -0.2) is 4.98 Å². The van der Waals surface area contributed by atoms with Gasteiger partial charge in [-0.2, -0.15) is 13.2 Å². The van der Waals surface area contributed by atoms with Crippen LogP contribution in [0.1, 0.15) is 25.3 Å². The molecule has 1 aromatic carbocycles. The largest absolute Gasteiger partial charge is 0.494 e. The summed E-state index contributed by atoms with van der Waals surface area (Å²) in [6.45, 7) is 2.93. The molecule has 2 aromatic rings. The van der Waals surface area contributed by atoms with Gasteiger partial charge >= 0.3 is 12.1 Å². The molecule has 1 aliphatic rings. The molecule has 1 aliphatic heterocycles. The molecule has 1 aromatic heterocycles. The summed E-state index contributed by atoms with van der Waals surface area (Å²) in [5.41, 5.74) is -0.241. The Balaban J connectivity index is 1.41. The molecule has 172 valence electrons. The van der Waals surface area contributed by atoms with Gasteiger partial charge in [-0.1, -0.05) is 0 Å². The van der Waals surface area contributed by atoms with Crippen molar-refractivity contribution in [3.8, 4) is 5.75 Å². The average Bonchev–Trinajstić information content (AvgIpc) is 2.78. The second kappa shape index (κ2) is 10.3. The van der Waals surface area contributed by atoms with Crippen molar-refractivity contribution in [3.63, 3.8) is 0 Å². The Morgan fingerprint density at radius 2 is 1.81 bits per heavy atom. The molecule has 0 radical (unpaired) electrons. The van der Waals surface area contributed by atoms with Crippen LogP contribution in [0.15, 0.2) is 42.6 Å². The average molecular weight is 451 g/mol. The first kappa shape index (κ1) is 23.4. The van der Waals surface area contributed by atoms with Crippen molar-refractivity contribution in [1.82, 2.24) is 4.98 Å². The topological polar surface area (TPSA) is 80.8 Å². The van der Waals surface area contributed by atoms with E-state index in [1.807, 2.05) is 11.8 Å². The van der Waals surface area contributed by atoms with Gasteiger partial charge in [0.25, 0.3) is 5.91 Å². The SMILES string of the molecule is CCOc1ccc(NC(=O)COC(=O)C2CCN(c3ccc(C(F)(F)F)cn3)CC2)cc1. The van der Waals surface area contributed by atoms with Crippen LogP contribution in [0.3, 0.4) is 0 Å². The lowest BCUT2D eigenvalue weighted by Crippen LogP contribution is -2.38. The Hall–Kier alpha value is -3.30. The maximum absolute atomic E-state index is 12.7. The monoisotopic (exact) mass is 451 g/mol. The fraction of sp³-hybridized carbons (Fsp3) is 0.409. The van der Waals surface area contributed by atoms with Gasteiger partial charge < -0.3 is 19.7 Å². The lowest BCUT2D eigenvalue weighted by molar-refractivity contribution is -0.152. The van der Waals surface area contributed by atoms with Crippen molar-refractivity contribution in [2.75, 3.05) is 36.5 Å². The van der Waals surface area contributed by atoms with Crippen LogP contribution in [0.25, 0.3) is 0 Å². The van der Waals surface area contributed by atoms with Crippen LogP contribution < -0.4 is 15.0 Å². The molecule has 0 unspecified atom stereocenters. The second-order valence-corrected chi connectivity index (χ2v) is 7.28. The van der Waals surface area contributed by atoms with Gasteiger partial charge in [0.1, 0.15) is 11.6 Å². The summed E-state index contributed by atoms with van der Waals surface area (Å²) < 4.78 is 48.4. The van der Waals surface area contributed by atoms with E-state index in [4.69, 9.17) is 9.47 Å². The number of esters is 1. The van der Waals surface area contributed by atoms with E-state index in [1.165, 1.54) is 6.07 Å². The third kappa shape index (κ3) is 6.35. The van der Waals surface area contributed by atoms with E-state index in [0.717, 1.165) is 12.3 Å². The molecule has 7 nitrogen and oxygen atoms in total. The lowest BCUT2D eigenvalue weighted by Gasteiger charge is -2.31. The maximum atomic E-state index is 12.7. The number of ether oxygens (including phenoxy) is 2. The van der Waals surface area contributed by atoms with Gasteiger partial charge in [-0.3, -0.25) is 9.59 Å². The highest BCUT2D eigenvalue weighted by Crippen LogP contribution is 2.30. The van der Waals surface area contributed by atoms with Crippen LogP contribution in [0.5, 0.6) is 5.75 Å². The molecule has 0 bridgehead atoms. The standard InChI is InChI=1S/C22H24F3N3O4/c1-2-31-18-6-4-17(5-7-18)27-20(29)14-32-21(30)15-9-11-28(12-10-15)19-8-3-16(13-26-19)22(23,24)25/h3-8,13,15H,2,9-12,14H2,1H3,(H,27,29). The summed E-state index contributed by atoms with van der Waals surface area (Å²) in [4.78, 5) is 30.0. The minimum Gasteiger partial charge on any atom is -0.494 e. The van der Waals surface area contributed by atoms with Gasteiger partial charge in [0.15, 0.2) is 6.61 Å². The number of alkyl halides is 3. The highest BCUT2D eigenvalue weighted by molar-refractivity contribution is 5.93. The van der Waals surface area contributed by atoms with Gasteiger partial charge in [0.05, 0.1) is 18.1 Å². The fourth-order valence-electron chi connectivity index (χ4n) is 3.34. The number of aromatic nitrogens is 1. The number of pyridine rings is 1. The highest BCUT2D eigenvalue weighted by Gasteiger charge is 2.31. The van der Waals surface area contributed by atoms with Gasteiger partial charge in [0.2, 0.25) is 0 Å². The van der Waals surface area contributed by atoms with Crippen LogP contribution in [-0.4, -0.2) is 43.2 Å². The molecule has 2 heterocycles. The quantitative estimate of drug-likeness (QED) is 0.644. The van der Waals surface area contributed by atoms with Crippen molar-refractivity contribution in [2.24, 2.45) is 5.92 Å². The predicted molar refractivity (Wildman–Crippen MR) is 111 cm³/mol. The molecule has 32 heavy (non-hydrogen) atoms. The summed E-state index contributed by atoms with van der Waals surface area (Å²) in [6, 6.07) is 9.15. The number of piperidine rings is 1. The van der Waals surface area contributed by atoms with Crippen molar-refractivity contribution in [2.45, 2.75) is 25.9 Å². The third-order valence-electron chi connectivity index (χ3n) is 5.02. The fourth-order valence-corrected chi connectivity index (χ4v) is 3.34. The second-order valence-electron chi connectivity index (χ2n) is 7.28. The van der Waals surface area contributed by atoms with Crippen molar-refractivity contribution in [1.29, 1.82) is 0 Å². The third-order valence-corrected chi connectivity index (χ3v) is 5.02. The molecule has 0 atom stereocenters. The van der Waals surface area contributed by atoms with Crippen molar-refractivity contribution in [3.05, 3.63) is 48.2 Å². The Bertz CT molecular complexity index is 910. The molecular formula is C22H24F3N3O4. The number of carbonyl (C=O) groups excluding carboxylic acids is 2. The summed E-state index contributed by atoms with van der Waals surface area (Å²) in [5, 5.41) is 2.64.